The number of carbonyl (C=O) groups is 1. The van der Waals surface area contributed by atoms with Crippen molar-refractivity contribution in [1.29, 1.82) is 0 Å². The van der Waals surface area contributed by atoms with Gasteiger partial charge in [-0.15, -0.1) is 22.7 Å². The van der Waals surface area contributed by atoms with E-state index in [1.165, 1.54) is 16.2 Å². The zero-order chi connectivity index (χ0) is 13.1. The number of hydrogen-bond acceptors (Lipinski definition) is 6. The number of nitrogens with zero attached hydrogens (tertiary/aromatic N) is 2. The molecule has 2 rings (SSSR count). The molecular weight excluding hydrogens is 270 g/mol. The Morgan fingerprint density at radius 1 is 1.61 bits per heavy atom. The van der Waals surface area contributed by atoms with Crippen LogP contribution in [0.2, 0.25) is 0 Å². The van der Waals surface area contributed by atoms with Gasteiger partial charge >= 0.3 is 5.97 Å². The van der Waals surface area contributed by atoms with Crippen molar-refractivity contribution in [3.8, 4) is 0 Å². The van der Waals surface area contributed by atoms with Gasteiger partial charge in [-0.1, -0.05) is 6.07 Å². The van der Waals surface area contributed by atoms with E-state index in [2.05, 4.69) is 11.1 Å². The summed E-state index contributed by atoms with van der Waals surface area (Å²) >= 11 is 3.08. The first kappa shape index (κ1) is 13.0. The van der Waals surface area contributed by atoms with Crippen LogP contribution in [0.1, 0.15) is 16.6 Å². The molecule has 0 saturated heterocycles. The Morgan fingerprint density at radius 3 is 3.00 bits per heavy atom. The van der Waals surface area contributed by atoms with Gasteiger partial charge in [0.05, 0.1) is 12.2 Å². The molecule has 1 unspecified atom stereocenters. The quantitative estimate of drug-likeness (QED) is 0.876. The van der Waals surface area contributed by atoms with Crippen LogP contribution in [0.4, 0.5) is 5.13 Å². The van der Waals surface area contributed by atoms with E-state index in [0.29, 0.717) is 5.69 Å². The maximum atomic E-state index is 10.8. The van der Waals surface area contributed by atoms with Crippen LogP contribution in [0.15, 0.2) is 22.9 Å². The maximum absolute atomic E-state index is 10.8. The first-order valence-corrected chi connectivity index (χ1v) is 7.01. The van der Waals surface area contributed by atoms with Gasteiger partial charge in [-0.05, 0) is 11.4 Å². The lowest BCUT2D eigenvalue weighted by atomic mass is 10.2. The van der Waals surface area contributed by atoms with Gasteiger partial charge in [-0.25, -0.2) is 4.98 Å². The average Bonchev–Trinajstić information content (AvgIpc) is 2.97. The molecule has 0 bridgehead atoms. The third kappa shape index (κ3) is 2.87. The molecule has 2 aromatic heterocycles. The van der Waals surface area contributed by atoms with Gasteiger partial charge in [0.25, 0.3) is 0 Å². The topological polar surface area (TPSA) is 79.5 Å². The molecule has 0 aromatic carbocycles. The van der Waals surface area contributed by atoms with Gasteiger partial charge in [0.15, 0.2) is 5.13 Å². The smallest absolute Gasteiger partial charge is 0.326 e. The van der Waals surface area contributed by atoms with Crippen molar-refractivity contribution < 1.29 is 9.90 Å². The Labute approximate surface area is 113 Å². The number of carboxylic acid groups (broad SMARTS) is 1. The number of rotatable bonds is 5. The van der Waals surface area contributed by atoms with E-state index in [9.17, 15) is 4.79 Å². The highest BCUT2D eigenvalue weighted by Crippen LogP contribution is 2.24. The van der Waals surface area contributed by atoms with Gasteiger partial charge < -0.3 is 15.7 Å². The maximum Gasteiger partial charge on any atom is 0.326 e. The molecule has 0 saturated carbocycles. The Balaban J connectivity index is 2.07. The SMILES string of the molecule is CN(Cc1cccs1)c1nc(C(N)C(=O)O)cs1. The summed E-state index contributed by atoms with van der Waals surface area (Å²) in [4.78, 5) is 18.2. The molecule has 2 heterocycles. The molecule has 5 nitrogen and oxygen atoms in total. The largest absolute Gasteiger partial charge is 0.480 e. The van der Waals surface area contributed by atoms with Gasteiger partial charge in [0, 0.05) is 17.3 Å². The van der Waals surface area contributed by atoms with Crippen LogP contribution in [0.25, 0.3) is 0 Å². The predicted octanol–water partition coefficient (Wildman–Crippen LogP) is 1.93. The molecule has 0 amide bonds. The normalized spacial score (nSPS) is 12.3. The van der Waals surface area contributed by atoms with Crippen LogP contribution in [-0.4, -0.2) is 23.1 Å². The lowest BCUT2D eigenvalue weighted by Crippen LogP contribution is -2.21. The van der Waals surface area contributed by atoms with E-state index < -0.39 is 12.0 Å². The summed E-state index contributed by atoms with van der Waals surface area (Å²) in [6.45, 7) is 0.757. The monoisotopic (exact) mass is 283 g/mol. The zero-order valence-corrected chi connectivity index (χ0v) is 11.4. The molecule has 7 heteroatoms. The average molecular weight is 283 g/mol. The summed E-state index contributed by atoms with van der Waals surface area (Å²) in [7, 11) is 1.93. The van der Waals surface area contributed by atoms with Crippen LogP contribution in [0.3, 0.4) is 0 Å². The predicted molar refractivity (Wildman–Crippen MR) is 73.1 cm³/mol. The third-order valence-corrected chi connectivity index (χ3v) is 4.23. The van der Waals surface area contributed by atoms with Crippen molar-refractivity contribution in [1.82, 2.24) is 4.98 Å². The number of aliphatic carboxylic acids is 1. The van der Waals surface area contributed by atoms with Gasteiger partial charge in [-0.3, -0.25) is 4.79 Å². The number of thiophene rings is 1. The molecule has 0 aliphatic heterocycles. The number of nitrogens with two attached hydrogens (primary N) is 1. The molecule has 0 radical (unpaired) electrons. The summed E-state index contributed by atoms with van der Waals surface area (Å²) in [6.07, 6.45) is 0. The van der Waals surface area contributed by atoms with Crippen LogP contribution >= 0.6 is 22.7 Å². The van der Waals surface area contributed by atoms with Crippen molar-refractivity contribution >= 4 is 33.8 Å². The number of anilines is 1. The van der Waals surface area contributed by atoms with Gasteiger partial charge in [0.2, 0.25) is 0 Å². The highest BCUT2D eigenvalue weighted by atomic mass is 32.1. The Morgan fingerprint density at radius 2 is 2.39 bits per heavy atom. The molecular formula is C11H13N3O2S2. The van der Waals surface area contributed by atoms with Crippen molar-refractivity contribution in [3.05, 3.63) is 33.5 Å². The standard InChI is InChI=1S/C11H13N3O2S2/c1-14(5-7-3-2-4-17-7)11-13-8(6-18-11)9(12)10(15)16/h2-4,6,9H,5,12H2,1H3,(H,15,16). The van der Waals surface area contributed by atoms with Crippen molar-refractivity contribution in [3.63, 3.8) is 0 Å². The molecule has 0 aliphatic carbocycles. The summed E-state index contributed by atoms with van der Waals surface area (Å²) < 4.78 is 0. The first-order valence-electron chi connectivity index (χ1n) is 5.25. The van der Waals surface area contributed by atoms with E-state index >= 15 is 0 Å². The lowest BCUT2D eigenvalue weighted by Gasteiger charge is -2.14. The van der Waals surface area contributed by atoms with E-state index in [1.54, 1.807) is 16.7 Å². The van der Waals surface area contributed by atoms with Crippen molar-refractivity contribution in [2.45, 2.75) is 12.6 Å². The van der Waals surface area contributed by atoms with Gasteiger partial charge in [0.1, 0.15) is 6.04 Å². The van der Waals surface area contributed by atoms with E-state index in [4.69, 9.17) is 10.8 Å². The summed E-state index contributed by atoms with van der Waals surface area (Å²) in [5, 5.41) is 13.3. The number of hydrogen-bond donors (Lipinski definition) is 2. The summed E-state index contributed by atoms with van der Waals surface area (Å²) in [5.74, 6) is -1.06. The summed E-state index contributed by atoms with van der Waals surface area (Å²) in [6, 6.07) is 3.00. The van der Waals surface area contributed by atoms with Crippen LogP contribution < -0.4 is 10.6 Å². The third-order valence-electron chi connectivity index (χ3n) is 2.39. The van der Waals surface area contributed by atoms with Crippen LogP contribution in [-0.2, 0) is 11.3 Å². The zero-order valence-electron chi connectivity index (χ0n) is 9.74. The Bertz CT molecular complexity index is 524. The fourth-order valence-electron chi connectivity index (χ4n) is 1.42. The minimum Gasteiger partial charge on any atom is -0.480 e. The number of carboxylic acids is 1. The summed E-state index contributed by atoms with van der Waals surface area (Å²) in [5.41, 5.74) is 5.92. The minimum absolute atomic E-state index is 0.403. The second-order valence-electron chi connectivity index (χ2n) is 3.81. The highest BCUT2D eigenvalue weighted by Gasteiger charge is 2.18. The lowest BCUT2D eigenvalue weighted by molar-refractivity contribution is -0.138. The Hall–Kier alpha value is -1.44. The van der Waals surface area contributed by atoms with Crippen LogP contribution in [0, 0.1) is 0 Å². The highest BCUT2D eigenvalue weighted by molar-refractivity contribution is 7.13. The van der Waals surface area contributed by atoms with E-state index in [0.717, 1.165) is 11.7 Å². The van der Waals surface area contributed by atoms with Crippen molar-refractivity contribution in [2.24, 2.45) is 5.73 Å². The molecule has 3 N–H and O–H groups in total. The molecule has 18 heavy (non-hydrogen) atoms. The fraction of sp³-hybridized carbons (Fsp3) is 0.273. The molecule has 0 aliphatic rings. The second kappa shape index (κ2) is 5.47. The number of thiazole rings is 1. The van der Waals surface area contributed by atoms with Crippen LogP contribution in [0.5, 0.6) is 0 Å². The molecule has 1 atom stereocenters. The minimum atomic E-state index is -1.06. The van der Waals surface area contributed by atoms with E-state index in [-0.39, 0.29) is 0 Å². The molecule has 0 fully saturated rings. The number of aromatic nitrogens is 1. The Kier molecular flexibility index (Phi) is 3.95. The first-order chi connectivity index (χ1) is 8.58. The molecule has 0 spiro atoms. The van der Waals surface area contributed by atoms with Crippen molar-refractivity contribution in [2.75, 3.05) is 11.9 Å². The second-order valence-corrected chi connectivity index (χ2v) is 5.68. The fourth-order valence-corrected chi connectivity index (χ4v) is 3.01. The van der Waals surface area contributed by atoms with E-state index in [1.807, 2.05) is 23.4 Å². The van der Waals surface area contributed by atoms with Gasteiger partial charge in [-0.2, -0.15) is 0 Å². The molecule has 2 aromatic rings. The molecule has 96 valence electrons.